The van der Waals surface area contributed by atoms with Crippen molar-refractivity contribution in [2.24, 2.45) is 5.14 Å². The van der Waals surface area contributed by atoms with Crippen molar-refractivity contribution in [2.45, 2.75) is 12.5 Å². The van der Waals surface area contributed by atoms with Crippen LogP contribution in [0, 0.1) is 0 Å². The quantitative estimate of drug-likeness (QED) is 0.709. The predicted octanol–water partition coefficient (Wildman–Crippen LogP) is 1.12. The van der Waals surface area contributed by atoms with Crippen LogP contribution in [0.15, 0.2) is 48.5 Å². The molecule has 8 nitrogen and oxygen atoms in total. The molecule has 2 N–H and O–H groups in total. The van der Waals surface area contributed by atoms with Crippen LogP contribution in [0.5, 0.6) is 5.75 Å². The van der Waals surface area contributed by atoms with Gasteiger partial charge in [-0.3, -0.25) is 18.7 Å². The van der Waals surface area contributed by atoms with E-state index in [2.05, 4.69) is 0 Å². The molecule has 2 aromatic rings. The lowest BCUT2D eigenvalue weighted by molar-refractivity contribution is 0.0533. The Morgan fingerprint density at radius 1 is 1.00 bits per heavy atom. The van der Waals surface area contributed by atoms with Gasteiger partial charge in [-0.15, -0.1) is 0 Å². The number of benzene rings is 2. The third kappa shape index (κ3) is 4.16. The number of carbonyl (C=O) groups excluding carboxylic acids is 2. The van der Waals surface area contributed by atoms with Crippen LogP contribution < -0.4 is 9.88 Å². The zero-order chi connectivity index (χ0) is 19.6. The molecule has 0 saturated heterocycles. The van der Waals surface area contributed by atoms with Crippen molar-refractivity contribution in [3.05, 3.63) is 65.2 Å². The zero-order valence-corrected chi connectivity index (χ0v) is 15.3. The van der Waals surface area contributed by atoms with Gasteiger partial charge in [0.15, 0.2) is 0 Å². The minimum absolute atomic E-state index is 0.199. The minimum atomic E-state index is -4.22. The van der Waals surface area contributed by atoms with E-state index in [1.54, 1.807) is 48.5 Å². The Morgan fingerprint density at radius 2 is 1.56 bits per heavy atom. The molecule has 27 heavy (non-hydrogen) atoms. The van der Waals surface area contributed by atoms with Crippen LogP contribution >= 0.6 is 0 Å². The first-order valence-corrected chi connectivity index (χ1v) is 9.54. The minimum Gasteiger partial charge on any atom is -0.497 e. The highest BCUT2D eigenvalue weighted by Gasteiger charge is 2.40. The highest BCUT2D eigenvalue weighted by molar-refractivity contribution is 7.84. The fourth-order valence-electron chi connectivity index (χ4n) is 2.97. The molecule has 0 unspecified atom stereocenters. The summed E-state index contributed by atoms with van der Waals surface area (Å²) in [5.74, 6) is -0.337. The van der Waals surface area contributed by atoms with E-state index in [0.717, 1.165) is 10.5 Å². The van der Waals surface area contributed by atoms with Crippen LogP contribution in [0.3, 0.4) is 0 Å². The van der Waals surface area contributed by atoms with E-state index in [1.807, 2.05) is 0 Å². The maximum atomic E-state index is 12.7. The number of amides is 2. The number of rotatable bonds is 7. The van der Waals surface area contributed by atoms with Crippen LogP contribution in [0.4, 0.5) is 0 Å². The fraction of sp³-hybridized carbons (Fsp3) is 0.222. The summed E-state index contributed by atoms with van der Waals surface area (Å²) in [5.41, 5.74) is 1.33. The summed E-state index contributed by atoms with van der Waals surface area (Å²) in [5, 5.41) is 4.91. The van der Waals surface area contributed by atoms with Crippen molar-refractivity contribution in [2.75, 3.05) is 13.7 Å². The Kier molecular flexibility index (Phi) is 5.26. The van der Waals surface area contributed by atoms with Crippen LogP contribution in [0.1, 0.15) is 26.3 Å². The molecule has 0 fully saturated rings. The Labute approximate surface area is 156 Å². The van der Waals surface area contributed by atoms with Gasteiger partial charge in [0.2, 0.25) is 0 Å². The normalized spacial score (nSPS) is 15.0. The lowest BCUT2D eigenvalue weighted by Crippen LogP contribution is -2.44. The monoisotopic (exact) mass is 390 g/mol. The van der Waals surface area contributed by atoms with E-state index in [9.17, 15) is 18.0 Å². The summed E-state index contributed by atoms with van der Waals surface area (Å²) in [7, 11) is -2.69. The Morgan fingerprint density at radius 3 is 2.04 bits per heavy atom. The molecule has 3 rings (SSSR count). The molecule has 142 valence electrons. The number of methoxy groups -OCH3 is 1. The first-order valence-electron chi connectivity index (χ1n) is 8.07. The van der Waals surface area contributed by atoms with E-state index in [1.165, 1.54) is 7.11 Å². The first-order chi connectivity index (χ1) is 12.8. The van der Waals surface area contributed by atoms with Gasteiger partial charge in [0, 0.05) is 0 Å². The van der Waals surface area contributed by atoms with Gasteiger partial charge in [0.25, 0.3) is 11.8 Å². The van der Waals surface area contributed by atoms with Crippen molar-refractivity contribution in [3.8, 4) is 5.75 Å². The van der Waals surface area contributed by atoms with Gasteiger partial charge >= 0.3 is 10.3 Å². The van der Waals surface area contributed by atoms with E-state index in [0.29, 0.717) is 5.75 Å². The molecule has 9 heteroatoms. The smallest absolute Gasteiger partial charge is 0.333 e. The second kappa shape index (κ2) is 7.47. The molecule has 1 atom stereocenters. The SMILES string of the molecule is COc1ccc(C[C@H](COS(N)(=O)=O)N2C(=O)c3ccccc3C2=O)cc1. The standard InChI is InChI=1S/C18H18N2O6S/c1-25-14-8-6-12(7-9-14)10-13(11-26-27(19,23)24)20-17(21)15-4-2-3-5-16(15)18(20)22/h2-9,13H,10-11H2,1H3,(H2,19,23,24)/t13-/m1/s1. The number of nitrogens with two attached hydrogens (primary N) is 1. The van der Waals surface area contributed by atoms with Crippen LogP contribution in [0.25, 0.3) is 0 Å². The Balaban J connectivity index is 1.90. The van der Waals surface area contributed by atoms with Crippen molar-refractivity contribution >= 4 is 22.1 Å². The average Bonchev–Trinajstić information content (AvgIpc) is 2.90. The number of hydrogen-bond acceptors (Lipinski definition) is 6. The maximum absolute atomic E-state index is 12.7. The van der Waals surface area contributed by atoms with Crippen molar-refractivity contribution in [3.63, 3.8) is 0 Å². The number of fused-ring (bicyclic) bond motifs is 1. The lowest BCUT2D eigenvalue weighted by Gasteiger charge is -2.25. The molecule has 1 aliphatic heterocycles. The molecule has 0 bridgehead atoms. The molecular weight excluding hydrogens is 372 g/mol. The molecule has 0 aliphatic carbocycles. The van der Waals surface area contributed by atoms with E-state index < -0.39 is 34.8 Å². The van der Waals surface area contributed by atoms with Gasteiger partial charge in [0.05, 0.1) is 30.9 Å². The molecule has 2 aromatic carbocycles. The second-order valence-corrected chi connectivity index (χ2v) is 7.23. The molecule has 0 aromatic heterocycles. The topological polar surface area (TPSA) is 116 Å². The number of imide groups is 1. The molecule has 0 radical (unpaired) electrons. The third-order valence-electron chi connectivity index (χ3n) is 4.25. The molecule has 1 heterocycles. The number of ether oxygens (including phenoxy) is 1. The summed E-state index contributed by atoms with van der Waals surface area (Å²) in [6.45, 7) is -0.434. The fourth-order valence-corrected chi connectivity index (χ4v) is 3.32. The predicted molar refractivity (Wildman–Crippen MR) is 96.5 cm³/mol. The van der Waals surface area contributed by atoms with Gasteiger partial charge in [-0.1, -0.05) is 24.3 Å². The molecule has 1 aliphatic rings. The van der Waals surface area contributed by atoms with E-state index in [-0.39, 0.29) is 17.5 Å². The number of carbonyl (C=O) groups is 2. The summed E-state index contributed by atoms with van der Waals surface area (Å²) in [4.78, 5) is 26.5. The summed E-state index contributed by atoms with van der Waals surface area (Å²) in [6, 6.07) is 12.6. The third-order valence-corrected chi connectivity index (χ3v) is 4.71. The summed E-state index contributed by atoms with van der Waals surface area (Å²) < 4.78 is 32.2. The second-order valence-electron chi connectivity index (χ2n) is 6.01. The van der Waals surface area contributed by atoms with Gasteiger partial charge in [-0.2, -0.15) is 8.42 Å². The zero-order valence-electron chi connectivity index (χ0n) is 14.5. The van der Waals surface area contributed by atoms with Crippen LogP contribution in [-0.2, 0) is 20.9 Å². The van der Waals surface area contributed by atoms with Gasteiger partial charge in [-0.25, -0.2) is 5.14 Å². The highest BCUT2D eigenvalue weighted by Crippen LogP contribution is 2.26. The largest absolute Gasteiger partial charge is 0.497 e. The van der Waals surface area contributed by atoms with Crippen molar-refractivity contribution in [1.82, 2.24) is 4.90 Å². The average molecular weight is 390 g/mol. The van der Waals surface area contributed by atoms with E-state index >= 15 is 0 Å². The summed E-state index contributed by atoms with van der Waals surface area (Å²) in [6.07, 6.45) is 0.199. The van der Waals surface area contributed by atoms with Crippen molar-refractivity contribution in [1.29, 1.82) is 0 Å². The summed E-state index contributed by atoms with van der Waals surface area (Å²) >= 11 is 0. The van der Waals surface area contributed by atoms with Gasteiger partial charge < -0.3 is 4.74 Å². The van der Waals surface area contributed by atoms with Crippen LogP contribution in [-0.4, -0.2) is 44.9 Å². The lowest BCUT2D eigenvalue weighted by atomic mass is 10.0. The molecule has 0 spiro atoms. The van der Waals surface area contributed by atoms with Gasteiger partial charge in [-0.05, 0) is 36.2 Å². The number of nitrogens with zero attached hydrogens (tertiary/aromatic N) is 1. The van der Waals surface area contributed by atoms with Crippen LogP contribution in [0.2, 0.25) is 0 Å². The highest BCUT2D eigenvalue weighted by atomic mass is 32.2. The van der Waals surface area contributed by atoms with Gasteiger partial charge in [0.1, 0.15) is 5.75 Å². The maximum Gasteiger partial charge on any atom is 0.333 e. The first kappa shape index (κ1) is 19.0. The molecular formula is C18H18N2O6S. The Bertz CT molecular complexity index is 937. The molecule has 0 saturated carbocycles. The van der Waals surface area contributed by atoms with Crippen molar-refractivity contribution < 1.29 is 26.9 Å². The van der Waals surface area contributed by atoms with E-state index in [4.69, 9.17) is 14.1 Å². The molecule has 2 amide bonds. The number of hydrogen-bond donors (Lipinski definition) is 1. The Hall–Kier alpha value is -2.75.